The maximum atomic E-state index is 12.7. The Labute approximate surface area is 134 Å². The number of rotatable bonds is 3. The van der Waals surface area contributed by atoms with E-state index in [1.54, 1.807) is 30.4 Å². The van der Waals surface area contributed by atoms with Gasteiger partial charge < -0.3 is 9.64 Å². The lowest BCUT2D eigenvalue weighted by atomic mass is 9.96. The standard InChI is InChI=1S/C17H19N3O3/c1-2-23-17(22)12-5-8-20(9-6-12)16(21)14-11-18-10-13-4-3-7-19-15(13)14/h3-4,7,10-12H,2,5-6,8-9H2,1H3. The number of esters is 1. The second kappa shape index (κ2) is 6.73. The third-order valence-corrected chi connectivity index (χ3v) is 4.14. The number of fused-ring (bicyclic) bond motifs is 1. The van der Waals surface area contributed by atoms with Gasteiger partial charge in [0.1, 0.15) is 0 Å². The van der Waals surface area contributed by atoms with Gasteiger partial charge in [0.2, 0.25) is 0 Å². The van der Waals surface area contributed by atoms with Crippen molar-refractivity contribution in [3.05, 3.63) is 36.3 Å². The van der Waals surface area contributed by atoms with Gasteiger partial charge in [-0.1, -0.05) is 0 Å². The van der Waals surface area contributed by atoms with E-state index in [1.165, 1.54) is 0 Å². The Kier molecular flexibility index (Phi) is 4.50. The molecule has 0 unspecified atom stereocenters. The van der Waals surface area contributed by atoms with Crippen LogP contribution in [-0.2, 0) is 9.53 Å². The Morgan fingerprint density at radius 1 is 1.30 bits per heavy atom. The number of aromatic nitrogens is 2. The lowest BCUT2D eigenvalue weighted by molar-refractivity contribution is -0.149. The molecule has 3 heterocycles. The minimum atomic E-state index is -0.159. The van der Waals surface area contributed by atoms with E-state index in [2.05, 4.69) is 9.97 Å². The summed E-state index contributed by atoms with van der Waals surface area (Å²) in [6.07, 6.45) is 6.21. The van der Waals surface area contributed by atoms with Crippen LogP contribution < -0.4 is 0 Å². The minimum absolute atomic E-state index is 0.0795. The Bertz CT molecular complexity index is 719. The van der Waals surface area contributed by atoms with Gasteiger partial charge in [0.15, 0.2) is 0 Å². The average molecular weight is 313 g/mol. The smallest absolute Gasteiger partial charge is 0.309 e. The summed E-state index contributed by atoms with van der Waals surface area (Å²) in [5.41, 5.74) is 1.18. The molecule has 0 bridgehead atoms. The monoisotopic (exact) mass is 313 g/mol. The van der Waals surface area contributed by atoms with E-state index >= 15 is 0 Å². The number of piperidine rings is 1. The predicted octanol–water partition coefficient (Wildman–Crippen LogP) is 2.05. The summed E-state index contributed by atoms with van der Waals surface area (Å²) in [5.74, 6) is -0.347. The molecule has 1 aliphatic heterocycles. The van der Waals surface area contributed by atoms with E-state index in [0.29, 0.717) is 43.6 Å². The van der Waals surface area contributed by atoms with Crippen molar-refractivity contribution in [1.82, 2.24) is 14.9 Å². The molecule has 1 aliphatic rings. The summed E-state index contributed by atoms with van der Waals surface area (Å²) in [4.78, 5) is 34.7. The highest BCUT2D eigenvalue weighted by atomic mass is 16.5. The molecule has 0 aliphatic carbocycles. The molecule has 1 amide bonds. The summed E-state index contributed by atoms with van der Waals surface area (Å²) in [6, 6.07) is 3.71. The van der Waals surface area contributed by atoms with E-state index in [1.807, 2.05) is 12.1 Å². The number of nitrogens with zero attached hydrogens (tertiary/aromatic N) is 3. The Balaban J connectivity index is 1.73. The highest BCUT2D eigenvalue weighted by molar-refractivity contribution is 6.04. The van der Waals surface area contributed by atoms with Gasteiger partial charge in [-0.15, -0.1) is 0 Å². The van der Waals surface area contributed by atoms with Crippen molar-refractivity contribution in [2.45, 2.75) is 19.8 Å². The zero-order chi connectivity index (χ0) is 16.2. The van der Waals surface area contributed by atoms with Gasteiger partial charge >= 0.3 is 5.97 Å². The van der Waals surface area contributed by atoms with Crippen LogP contribution in [0.5, 0.6) is 0 Å². The minimum Gasteiger partial charge on any atom is -0.466 e. The van der Waals surface area contributed by atoms with Crippen LogP contribution in [0.3, 0.4) is 0 Å². The van der Waals surface area contributed by atoms with E-state index in [9.17, 15) is 9.59 Å². The topological polar surface area (TPSA) is 72.4 Å². The van der Waals surface area contributed by atoms with Gasteiger partial charge in [-0.3, -0.25) is 19.6 Å². The van der Waals surface area contributed by atoms with E-state index < -0.39 is 0 Å². The molecule has 2 aromatic heterocycles. The normalized spacial score (nSPS) is 15.6. The second-order valence-corrected chi connectivity index (χ2v) is 5.58. The molecule has 6 nitrogen and oxygen atoms in total. The number of hydrogen-bond donors (Lipinski definition) is 0. The van der Waals surface area contributed by atoms with Gasteiger partial charge in [-0.25, -0.2) is 0 Å². The number of carbonyl (C=O) groups is 2. The van der Waals surface area contributed by atoms with Crippen LogP contribution >= 0.6 is 0 Å². The van der Waals surface area contributed by atoms with Crippen LogP contribution in [0.2, 0.25) is 0 Å². The van der Waals surface area contributed by atoms with Crippen molar-refractivity contribution in [3.8, 4) is 0 Å². The SMILES string of the molecule is CCOC(=O)C1CCN(C(=O)c2cncc3cccnc23)CC1. The molecule has 23 heavy (non-hydrogen) atoms. The van der Waals surface area contributed by atoms with E-state index in [0.717, 1.165) is 5.39 Å². The molecule has 1 saturated heterocycles. The molecular weight excluding hydrogens is 294 g/mol. The molecule has 0 saturated carbocycles. The van der Waals surface area contributed by atoms with Crippen molar-refractivity contribution in [3.63, 3.8) is 0 Å². The third-order valence-electron chi connectivity index (χ3n) is 4.14. The molecule has 3 rings (SSSR count). The molecule has 0 atom stereocenters. The largest absolute Gasteiger partial charge is 0.466 e. The highest BCUT2D eigenvalue weighted by Gasteiger charge is 2.29. The summed E-state index contributed by atoms with van der Waals surface area (Å²) >= 11 is 0. The molecule has 2 aromatic rings. The van der Waals surface area contributed by atoms with Crippen LogP contribution in [0.1, 0.15) is 30.1 Å². The quantitative estimate of drug-likeness (QED) is 0.811. The molecule has 120 valence electrons. The van der Waals surface area contributed by atoms with Crippen LogP contribution in [0.4, 0.5) is 0 Å². The lowest BCUT2D eigenvalue weighted by Crippen LogP contribution is -2.40. The van der Waals surface area contributed by atoms with E-state index in [-0.39, 0.29) is 17.8 Å². The molecule has 0 radical (unpaired) electrons. The van der Waals surface area contributed by atoms with Gasteiger partial charge in [0.25, 0.3) is 5.91 Å². The van der Waals surface area contributed by atoms with Crippen molar-refractivity contribution in [2.75, 3.05) is 19.7 Å². The summed E-state index contributed by atoms with van der Waals surface area (Å²) in [6.45, 7) is 3.29. The summed E-state index contributed by atoms with van der Waals surface area (Å²) in [5, 5.41) is 0.847. The van der Waals surface area contributed by atoms with Crippen LogP contribution in [-0.4, -0.2) is 46.4 Å². The fraction of sp³-hybridized carbons (Fsp3) is 0.412. The maximum absolute atomic E-state index is 12.7. The molecule has 0 aromatic carbocycles. The third kappa shape index (κ3) is 3.16. The van der Waals surface area contributed by atoms with Crippen LogP contribution in [0.25, 0.3) is 10.9 Å². The Morgan fingerprint density at radius 2 is 2.09 bits per heavy atom. The van der Waals surface area contributed by atoms with Crippen LogP contribution in [0.15, 0.2) is 30.7 Å². The highest BCUT2D eigenvalue weighted by Crippen LogP contribution is 2.22. The zero-order valence-electron chi connectivity index (χ0n) is 13.1. The maximum Gasteiger partial charge on any atom is 0.309 e. The zero-order valence-corrected chi connectivity index (χ0v) is 13.1. The number of carbonyl (C=O) groups excluding carboxylic acids is 2. The van der Waals surface area contributed by atoms with Crippen molar-refractivity contribution < 1.29 is 14.3 Å². The second-order valence-electron chi connectivity index (χ2n) is 5.58. The fourth-order valence-electron chi connectivity index (χ4n) is 2.91. The average Bonchev–Trinajstić information content (AvgIpc) is 2.61. The fourth-order valence-corrected chi connectivity index (χ4v) is 2.91. The predicted molar refractivity (Wildman–Crippen MR) is 84.8 cm³/mol. The van der Waals surface area contributed by atoms with Gasteiger partial charge in [-0.2, -0.15) is 0 Å². The van der Waals surface area contributed by atoms with Crippen molar-refractivity contribution in [2.24, 2.45) is 5.92 Å². The number of ether oxygens (including phenoxy) is 1. The first-order chi connectivity index (χ1) is 11.2. The first kappa shape index (κ1) is 15.4. The Hall–Kier alpha value is -2.50. The molecule has 0 N–H and O–H groups in total. The van der Waals surface area contributed by atoms with Crippen molar-refractivity contribution >= 4 is 22.8 Å². The number of likely N-dealkylation sites (tertiary alicyclic amines) is 1. The Morgan fingerprint density at radius 3 is 2.83 bits per heavy atom. The number of amides is 1. The van der Waals surface area contributed by atoms with Gasteiger partial charge in [0.05, 0.1) is 23.6 Å². The van der Waals surface area contributed by atoms with Gasteiger partial charge in [0, 0.05) is 37.1 Å². The summed E-state index contributed by atoms with van der Waals surface area (Å²) < 4.78 is 5.06. The van der Waals surface area contributed by atoms with Gasteiger partial charge in [-0.05, 0) is 31.9 Å². The number of hydrogen-bond acceptors (Lipinski definition) is 5. The molecule has 6 heteroatoms. The molecule has 0 spiro atoms. The lowest BCUT2D eigenvalue weighted by Gasteiger charge is -2.31. The summed E-state index contributed by atoms with van der Waals surface area (Å²) in [7, 11) is 0. The van der Waals surface area contributed by atoms with E-state index in [4.69, 9.17) is 4.74 Å². The van der Waals surface area contributed by atoms with Crippen molar-refractivity contribution in [1.29, 1.82) is 0 Å². The first-order valence-corrected chi connectivity index (χ1v) is 7.85. The molecule has 1 fully saturated rings. The number of pyridine rings is 2. The first-order valence-electron chi connectivity index (χ1n) is 7.85. The van der Waals surface area contributed by atoms with Crippen LogP contribution in [0, 0.1) is 5.92 Å². The molecular formula is C17H19N3O3.